The molecule has 0 aliphatic carbocycles. The highest BCUT2D eigenvalue weighted by Crippen LogP contribution is 2.26. The van der Waals surface area contributed by atoms with Crippen molar-refractivity contribution in [1.29, 1.82) is 0 Å². The molecular weight excluding hydrogens is 228 g/mol. The Balaban J connectivity index is 2.07. The summed E-state index contributed by atoms with van der Waals surface area (Å²) in [5, 5.41) is 2.91. The van der Waals surface area contributed by atoms with Crippen LogP contribution in [0, 0.1) is 6.92 Å². The predicted molar refractivity (Wildman–Crippen MR) is 69.3 cm³/mol. The summed E-state index contributed by atoms with van der Waals surface area (Å²) < 4.78 is 0. The molecule has 1 N–H and O–H groups in total. The van der Waals surface area contributed by atoms with Crippen LogP contribution in [0.25, 0.3) is 0 Å². The van der Waals surface area contributed by atoms with Crippen molar-refractivity contribution in [3.8, 4) is 0 Å². The van der Waals surface area contributed by atoms with E-state index >= 15 is 0 Å². The fourth-order valence-corrected chi connectivity index (χ4v) is 2.51. The molecule has 98 valence electrons. The van der Waals surface area contributed by atoms with E-state index in [1.165, 1.54) is 0 Å². The molecule has 18 heavy (non-hydrogen) atoms. The molecule has 0 bridgehead atoms. The van der Waals surface area contributed by atoms with Crippen molar-refractivity contribution in [2.24, 2.45) is 0 Å². The van der Waals surface area contributed by atoms with Crippen LogP contribution in [-0.4, -0.2) is 47.5 Å². The van der Waals surface area contributed by atoms with Crippen molar-refractivity contribution in [1.82, 2.24) is 20.2 Å². The summed E-state index contributed by atoms with van der Waals surface area (Å²) in [6.07, 6.45) is 5.57. The molecule has 2 heterocycles. The summed E-state index contributed by atoms with van der Waals surface area (Å²) in [6, 6.07) is 0. The summed E-state index contributed by atoms with van der Waals surface area (Å²) in [4.78, 5) is 22.5. The Kier molecular flexibility index (Phi) is 4.25. The van der Waals surface area contributed by atoms with Crippen molar-refractivity contribution < 1.29 is 4.79 Å². The smallest absolute Gasteiger partial charge is 0.236 e. The number of likely N-dealkylation sites (N-methyl/N-ethyl adjacent to an activating group) is 1. The van der Waals surface area contributed by atoms with Gasteiger partial charge >= 0.3 is 0 Å². The minimum atomic E-state index is 0.170. The summed E-state index contributed by atoms with van der Waals surface area (Å²) in [5.74, 6) is 0.497. The van der Waals surface area contributed by atoms with E-state index in [9.17, 15) is 4.79 Å². The molecule has 1 amide bonds. The monoisotopic (exact) mass is 248 g/mol. The third-order valence-corrected chi connectivity index (χ3v) is 3.41. The number of nitrogens with zero attached hydrogens (tertiary/aromatic N) is 3. The lowest BCUT2D eigenvalue weighted by atomic mass is 9.93. The molecule has 2 rings (SSSR count). The molecular formula is C13H20N4O. The second-order valence-electron chi connectivity index (χ2n) is 4.74. The first-order chi connectivity index (χ1) is 8.72. The van der Waals surface area contributed by atoms with Crippen molar-refractivity contribution in [3.63, 3.8) is 0 Å². The first-order valence-corrected chi connectivity index (χ1v) is 6.42. The van der Waals surface area contributed by atoms with Crippen molar-refractivity contribution in [2.75, 3.05) is 26.7 Å². The van der Waals surface area contributed by atoms with E-state index in [1.807, 2.05) is 11.8 Å². The summed E-state index contributed by atoms with van der Waals surface area (Å²) >= 11 is 0. The molecule has 5 nitrogen and oxygen atoms in total. The van der Waals surface area contributed by atoms with Gasteiger partial charge in [0.15, 0.2) is 0 Å². The lowest BCUT2D eigenvalue weighted by Gasteiger charge is -2.32. The van der Waals surface area contributed by atoms with Gasteiger partial charge in [-0.15, -0.1) is 0 Å². The predicted octanol–water partition coefficient (Wildman–Crippen LogP) is 0.710. The molecule has 1 aromatic rings. The molecule has 0 aromatic carbocycles. The van der Waals surface area contributed by atoms with Crippen LogP contribution in [0.5, 0.6) is 0 Å². The maximum absolute atomic E-state index is 11.9. The maximum atomic E-state index is 11.9. The molecule has 5 heteroatoms. The highest BCUT2D eigenvalue weighted by molar-refractivity contribution is 5.78. The Morgan fingerprint density at radius 3 is 3.00 bits per heavy atom. The van der Waals surface area contributed by atoms with Crippen LogP contribution in [0.1, 0.15) is 30.1 Å². The number of nitrogens with one attached hydrogen (secondary N) is 1. The molecule has 0 spiro atoms. The number of carbonyl (C=O) groups excluding carboxylic acids is 1. The number of aryl methyl sites for hydroxylation is 1. The number of aromatic nitrogens is 2. The molecule has 0 radical (unpaired) electrons. The fraction of sp³-hybridized carbons (Fsp3) is 0.615. The van der Waals surface area contributed by atoms with Gasteiger partial charge in [-0.3, -0.25) is 14.8 Å². The van der Waals surface area contributed by atoms with Crippen LogP contribution in [-0.2, 0) is 4.79 Å². The molecule has 1 atom stereocenters. The van der Waals surface area contributed by atoms with Crippen LogP contribution in [0.15, 0.2) is 12.4 Å². The molecule has 1 aromatic heterocycles. The van der Waals surface area contributed by atoms with E-state index in [1.54, 1.807) is 19.4 Å². The summed E-state index contributed by atoms with van der Waals surface area (Å²) in [5.41, 5.74) is 2.02. The minimum Gasteiger partial charge on any atom is -0.341 e. The molecule has 0 saturated carbocycles. The Labute approximate surface area is 108 Å². The van der Waals surface area contributed by atoms with E-state index in [-0.39, 0.29) is 5.91 Å². The van der Waals surface area contributed by atoms with Crippen LogP contribution in [0.2, 0.25) is 0 Å². The molecule has 1 saturated heterocycles. The Morgan fingerprint density at radius 2 is 2.28 bits per heavy atom. The van der Waals surface area contributed by atoms with Crippen LogP contribution in [0.3, 0.4) is 0 Å². The van der Waals surface area contributed by atoms with Crippen molar-refractivity contribution >= 4 is 5.91 Å². The first kappa shape index (κ1) is 13.0. The van der Waals surface area contributed by atoms with Crippen LogP contribution in [0.4, 0.5) is 0 Å². The summed E-state index contributed by atoms with van der Waals surface area (Å²) in [7, 11) is 1.80. The molecule has 1 aliphatic rings. The standard InChI is InChI=1S/C13H20N4O/c1-10-13(16-6-5-15-10)11-4-3-7-17(9-11)12(18)8-14-2/h5-6,11,14H,3-4,7-9H2,1-2H3/t11-/m0/s1. The Hall–Kier alpha value is -1.49. The van der Waals surface area contributed by atoms with Crippen molar-refractivity contribution in [3.05, 3.63) is 23.8 Å². The Morgan fingerprint density at radius 1 is 1.50 bits per heavy atom. The number of carbonyl (C=O) groups is 1. The Bertz CT molecular complexity index is 421. The van der Waals surface area contributed by atoms with Crippen molar-refractivity contribution in [2.45, 2.75) is 25.7 Å². The largest absolute Gasteiger partial charge is 0.341 e. The van der Waals surface area contributed by atoms with Gasteiger partial charge in [-0.25, -0.2) is 0 Å². The highest BCUT2D eigenvalue weighted by Gasteiger charge is 2.26. The second kappa shape index (κ2) is 5.91. The van der Waals surface area contributed by atoms with Crippen LogP contribution < -0.4 is 5.32 Å². The van der Waals surface area contributed by atoms with Gasteiger partial charge < -0.3 is 10.2 Å². The zero-order valence-electron chi connectivity index (χ0n) is 11.0. The SMILES string of the molecule is CNCC(=O)N1CCC[C@H](c2nccnc2C)C1. The van der Waals surface area contributed by atoms with E-state index in [4.69, 9.17) is 0 Å². The zero-order chi connectivity index (χ0) is 13.0. The number of likely N-dealkylation sites (tertiary alicyclic amines) is 1. The van der Waals surface area contributed by atoms with Crippen LogP contribution >= 0.6 is 0 Å². The average molecular weight is 248 g/mol. The second-order valence-corrected chi connectivity index (χ2v) is 4.74. The lowest BCUT2D eigenvalue weighted by molar-refractivity contribution is -0.131. The van der Waals surface area contributed by atoms with E-state index in [0.29, 0.717) is 12.5 Å². The lowest BCUT2D eigenvalue weighted by Crippen LogP contribution is -2.43. The molecule has 1 fully saturated rings. The van der Waals surface area contributed by atoms with E-state index < -0.39 is 0 Å². The first-order valence-electron chi connectivity index (χ1n) is 6.42. The number of hydrogen-bond donors (Lipinski definition) is 1. The highest BCUT2D eigenvalue weighted by atomic mass is 16.2. The quantitative estimate of drug-likeness (QED) is 0.856. The van der Waals surface area contributed by atoms with Gasteiger partial charge in [-0.2, -0.15) is 0 Å². The minimum absolute atomic E-state index is 0.170. The summed E-state index contributed by atoms with van der Waals surface area (Å²) in [6.45, 7) is 4.01. The van der Waals surface area contributed by atoms with Gasteiger partial charge in [0.25, 0.3) is 0 Å². The third kappa shape index (κ3) is 2.85. The normalized spacial score (nSPS) is 19.9. The fourth-order valence-electron chi connectivity index (χ4n) is 2.51. The van der Waals surface area contributed by atoms with E-state index in [0.717, 1.165) is 37.3 Å². The van der Waals surface area contributed by atoms with Gasteiger partial charge in [-0.05, 0) is 26.8 Å². The van der Waals surface area contributed by atoms with Gasteiger partial charge in [0.05, 0.1) is 17.9 Å². The van der Waals surface area contributed by atoms with E-state index in [2.05, 4.69) is 15.3 Å². The number of amides is 1. The third-order valence-electron chi connectivity index (χ3n) is 3.41. The zero-order valence-corrected chi connectivity index (χ0v) is 11.0. The number of rotatable bonds is 3. The van der Waals surface area contributed by atoms with Gasteiger partial charge in [0.1, 0.15) is 0 Å². The average Bonchev–Trinajstić information content (AvgIpc) is 2.40. The number of piperidine rings is 1. The molecule has 1 aliphatic heterocycles. The topological polar surface area (TPSA) is 58.1 Å². The van der Waals surface area contributed by atoms with Gasteiger partial charge in [0, 0.05) is 31.4 Å². The number of hydrogen-bond acceptors (Lipinski definition) is 4. The maximum Gasteiger partial charge on any atom is 0.236 e. The van der Waals surface area contributed by atoms with Gasteiger partial charge in [-0.1, -0.05) is 0 Å². The molecule has 0 unspecified atom stereocenters. The van der Waals surface area contributed by atoms with Gasteiger partial charge in [0.2, 0.25) is 5.91 Å².